The van der Waals surface area contributed by atoms with Crippen LogP contribution in [-0.2, 0) is 11.2 Å². The van der Waals surface area contributed by atoms with Crippen LogP contribution in [0, 0.1) is 0 Å². The maximum Gasteiger partial charge on any atom is 0.346 e. The van der Waals surface area contributed by atoms with Crippen LogP contribution in [0.1, 0.15) is 29.8 Å². The van der Waals surface area contributed by atoms with E-state index < -0.39 is 0 Å². The molecule has 164 valence electrons. The molecule has 31 heavy (non-hydrogen) atoms. The van der Waals surface area contributed by atoms with Gasteiger partial charge in [-0.15, -0.1) is 0 Å². The summed E-state index contributed by atoms with van der Waals surface area (Å²) in [7, 11) is 3.23. The molecule has 1 heterocycles. The number of ether oxygens (including phenoxy) is 4. The largest absolute Gasteiger partial charge is 0.494 e. The molecule has 0 saturated carbocycles. The van der Waals surface area contributed by atoms with Crippen molar-refractivity contribution in [3.63, 3.8) is 0 Å². The van der Waals surface area contributed by atoms with Crippen LogP contribution in [0.25, 0.3) is 10.9 Å². The topological polar surface area (TPSA) is 80.2 Å². The number of rotatable bonds is 10. The zero-order valence-corrected chi connectivity index (χ0v) is 18.4. The van der Waals surface area contributed by atoms with Gasteiger partial charge in [0.25, 0.3) is 0 Å². The highest BCUT2D eigenvalue weighted by atomic mass is 16.5. The lowest BCUT2D eigenvalue weighted by molar-refractivity contribution is -0.344. The highest BCUT2D eigenvalue weighted by Gasteiger charge is 2.20. The van der Waals surface area contributed by atoms with Gasteiger partial charge in [0, 0.05) is 12.6 Å². The molecule has 0 aliphatic heterocycles. The van der Waals surface area contributed by atoms with Crippen molar-refractivity contribution in [2.24, 2.45) is 0 Å². The maximum atomic E-state index is 12.6. The Morgan fingerprint density at radius 2 is 1.81 bits per heavy atom. The van der Waals surface area contributed by atoms with E-state index in [9.17, 15) is 4.79 Å². The Balaban J connectivity index is 1.90. The fourth-order valence-electron chi connectivity index (χ4n) is 3.41. The molecule has 1 aromatic heterocycles. The molecule has 0 fully saturated rings. The van der Waals surface area contributed by atoms with Crippen molar-refractivity contribution < 1.29 is 28.7 Å². The van der Waals surface area contributed by atoms with Gasteiger partial charge in [-0.3, -0.25) is 0 Å². The third-order valence-electron chi connectivity index (χ3n) is 4.87. The summed E-state index contributed by atoms with van der Waals surface area (Å²) in [4.78, 5) is 15.7. The summed E-state index contributed by atoms with van der Waals surface area (Å²) in [6.07, 6.45) is 2.41. The van der Waals surface area contributed by atoms with Gasteiger partial charge in [0.2, 0.25) is 5.52 Å². The van der Waals surface area contributed by atoms with Gasteiger partial charge in [0.1, 0.15) is 11.3 Å². The molecule has 0 unspecified atom stereocenters. The molecule has 0 aliphatic rings. The highest BCUT2D eigenvalue weighted by Crippen LogP contribution is 2.30. The van der Waals surface area contributed by atoms with Crippen LogP contribution in [0.5, 0.6) is 17.2 Å². The maximum absolute atomic E-state index is 12.6. The predicted octanol–water partition coefficient (Wildman–Crippen LogP) is 3.90. The van der Waals surface area contributed by atoms with Crippen molar-refractivity contribution in [3.05, 3.63) is 53.7 Å². The van der Waals surface area contributed by atoms with Gasteiger partial charge in [0.05, 0.1) is 38.5 Å². The Morgan fingerprint density at radius 1 is 1.00 bits per heavy atom. The Hall–Kier alpha value is -3.48. The minimum Gasteiger partial charge on any atom is -0.494 e. The van der Waals surface area contributed by atoms with E-state index in [1.54, 1.807) is 27.3 Å². The van der Waals surface area contributed by atoms with Gasteiger partial charge >= 0.3 is 5.97 Å². The number of aromatic nitrogens is 1. The van der Waals surface area contributed by atoms with Gasteiger partial charge in [-0.2, -0.15) is 0 Å². The molecule has 3 aromatic rings. The van der Waals surface area contributed by atoms with Crippen LogP contribution in [0.2, 0.25) is 0 Å². The number of carbonyl (C=O) groups is 1. The van der Waals surface area contributed by atoms with E-state index in [2.05, 4.69) is 10.3 Å². The van der Waals surface area contributed by atoms with Crippen LogP contribution >= 0.6 is 0 Å². The zero-order chi connectivity index (χ0) is 22.2. The summed E-state index contributed by atoms with van der Waals surface area (Å²) >= 11 is 0. The zero-order valence-electron chi connectivity index (χ0n) is 18.4. The number of nitrogens with one attached hydrogen (secondary N) is 2. The number of H-pyrrole nitrogens is 1. The number of carbonyl (C=O) groups excluding carboxylic acids is 1. The van der Waals surface area contributed by atoms with Gasteiger partial charge < -0.3 is 24.3 Å². The Labute approximate surface area is 182 Å². The molecule has 2 N–H and O–H groups in total. The van der Waals surface area contributed by atoms with E-state index in [1.807, 2.05) is 43.3 Å². The summed E-state index contributed by atoms with van der Waals surface area (Å²) in [5, 5.41) is 4.30. The molecular formula is C24H29N2O5+. The number of fused-ring (bicyclic) bond motifs is 1. The second-order valence-corrected chi connectivity index (χ2v) is 6.80. The van der Waals surface area contributed by atoms with Crippen LogP contribution < -0.4 is 24.5 Å². The fraction of sp³-hybridized carbons (Fsp3) is 0.333. The molecular weight excluding hydrogens is 396 g/mol. The standard InChI is InChI=1S/C24H28N2O5/c1-5-30-17-8-9-20-18(14-17)23(19(15-26-20)24(27)31-6-2)25-12-11-16-7-10-21(28-3)22(13-16)29-4/h7-10,13-15H,5-6,11-12H2,1-4H3,(H,25,26)/p+1. The number of benzene rings is 2. The first kappa shape index (κ1) is 22.2. The molecule has 3 rings (SSSR count). The van der Waals surface area contributed by atoms with Crippen molar-refractivity contribution in [3.8, 4) is 17.2 Å². The number of hydrogen-bond donors (Lipinski definition) is 1. The number of esters is 1. The van der Waals surface area contributed by atoms with Crippen molar-refractivity contribution in [1.29, 1.82) is 0 Å². The number of pyridine rings is 1. The lowest BCUT2D eigenvalue weighted by Gasteiger charge is -2.13. The third-order valence-corrected chi connectivity index (χ3v) is 4.87. The normalized spacial score (nSPS) is 10.6. The van der Waals surface area contributed by atoms with Gasteiger partial charge in [-0.05, 0) is 50.1 Å². The average molecular weight is 426 g/mol. The summed E-state index contributed by atoms with van der Waals surface area (Å²) in [6.45, 7) is 5.21. The second kappa shape index (κ2) is 10.5. The molecule has 0 atom stereocenters. The van der Waals surface area contributed by atoms with Gasteiger partial charge in [0.15, 0.2) is 17.7 Å². The van der Waals surface area contributed by atoms with Gasteiger partial charge in [-0.25, -0.2) is 9.78 Å². The Kier molecular flexibility index (Phi) is 7.54. The molecule has 7 heteroatoms. The molecule has 0 spiro atoms. The van der Waals surface area contributed by atoms with Crippen molar-refractivity contribution >= 4 is 22.6 Å². The van der Waals surface area contributed by atoms with Crippen LogP contribution in [0.15, 0.2) is 42.6 Å². The lowest BCUT2D eigenvalue weighted by Crippen LogP contribution is -2.17. The first-order valence-corrected chi connectivity index (χ1v) is 10.3. The van der Waals surface area contributed by atoms with Crippen LogP contribution in [0.3, 0.4) is 0 Å². The van der Waals surface area contributed by atoms with E-state index in [0.29, 0.717) is 42.5 Å². The molecule has 0 aliphatic carbocycles. The van der Waals surface area contributed by atoms with E-state index in [0.717, 1.165) is 28.6 Å². The monoisotopic (exact) mass is 425 g/mol. The van der Waals surface area contributed by atoms with E-state index in [4.69, 9.17) is 18.9 Å². The molecule has 0 saturated heterocycles. The number of hydrogen-bond acceptors (Lipinski definition) is 6. The number of aromatic amines is 1. The van der Waals surface area contributed by atoms with Crippen molar-refractivity contribution in [2.45, 2.75) is 20.3 Å². The summed E-state index contributed by atoms with van der Waals surface area (Å²) in [5.74, 6) is 1.74. The molecule has 7 nitrogen and oxygen atoms in total. The van der Waals surface area contributed by atoms with Crippen LogP contribution in [-0.4, -0.2) is 39.9 Å². The fourth-order valence-corrected chi connectivity index (χ4v) is 3.41. The highest BCUT2D eigenvalue weighted by molar-refractivity contribution is 6.04. The first-order chi connectivity index (χ1) is 15.1. The summed E-state index contributed by atoms with van der Waals surface area (Å²) in [6, 6.07) is 11.6. The third kappa shape index (κ3) is 5.17. The second-order valence-electron chi connectivity index (χ2n) is 6.80. The minimum atomic E-state index is -0.379. The Bertz CT molecular complexity index is 1050. The number of anilines is 1. The lowest BCUT2D eigenvalue weighted by atomic mass is 10.1. The first-order valence-electron chi connectivity index (χ1n) is 10.3. The van der Waals surface area contributed by atoms with Crippen LogP contribution in [0.4, 0.5) is 5.69 Å². The summed E-state index contributed by atoms with van der Waals surface area (Å²) < 4.78 is 21.6. The van der Waals surface area contributed by atoms with E-state index >= 15 is 0 Å². The summed E-state index contributed by atoms with van der Waals surface area (Å²) in [5.41, 5.74) is 3.15. The van der Waals surface area contributed by atoms with Crippen molar-refractivity contribution in [2.75, 3.05) is 39.3 Å². The average Bonchev–Trinajstić information content (AvgIpc) is 2.79. The van der Waals surface area contributed by atoms with Crippen molar-refractivity contribution in [1.82, 2.24) is 0 Å². The Morgan fingerprint density at radius 3 is 2.52 bits per heavy atom. The molecule has 2 aromatic carbocycles. The minimum absolute atomic E-state index is 0.306. The predicted molar refractivity (Wildman–Crippen MR) is 119 cm³/mol. The molecule has 0 radical (unpaired) electrons. The van der Waals surface area contributed by atoms with E-state index in [1.165, 1.54) is 0 Å². The van der Waals surface area contributed by atoms with Gasteiger partial charge in [-0.1, -0.05) is 6.07 Å². The molecule has 0 bridgehead atoms. The number of methoxy groups -OCH3 is 2. The SMILES string of the molecule is CCOC(=O)c1c[nH+]c2ccc(OCC)cc2c1NCCc1ccc(OC)c(OC)c1. The van der Waals surface area contributed by atoms with E-state index in [-0.39, 0.29) is 5.97 Å². The molecule has 0 amide bonds. The smallest absolute Gasteiger partial charge is 0.346 e. The quantitative estimate of drug-likeness (QED) is 0.496.